The molecule has 2 aromatic heterocycles. The Hall–Kier alpha value is -2.91. The molecule has 1 N–H and O–H groups in total. The third-order valence-corrected chi connectivity index (χ3v) is 5.87. The highest BCUT2D eigenvalue weighted by Gasteiger charge is 2.26. The summed E-state index contributed by atoms with van der Waals surface area (Å²) in [6.07, 6.45) is 2.51. The first kappa shape index (κ1) is 19.8. The van der Waals surface area contributed by atoms with Crippen molar-refractivity contribution in [2.45, 2.75) is 11.8 Å². The summed E-state index contributed by atoms with van der Waals surface area (Å²) in [6.45, 7) is 1.84. The largest absolute Gasteiger partial charge is 0.464 e. The number of ether oxygens (including phenoxy) is 1. The van der Waals surface area contributed by atoms with E-state index in [9.17, 15) is 18.0 Å². The lowest BCUT2D eigenvalue weighted by Gasteiger charge is -2.10. The van der Waals surface area contributed by atoms with Gasteiger partial charge < -0.3 is 14.5 Å². The molecule has 0 saturated carbocycles. The number of hydrogen-bond acceptors (Lipinski definition) is 7. The maximum atomic E-state index is 12.8. The predicted octanol–water partition coefficient (Wildman–Crippen LogP) is 3.84. The standard InChI is InChI=1S/C19H17NO6S2/c1-3-25-19(22)16-13(14-8-6-10-26-14)11-27-18(16)20-17(21)12-7-4-5-9-15(12)28(2,23)24/h4-11H,3H2,1-2H3,(H,20,21). The average molecular weight is 419 g/mol. The number of nitrogens with one attached hydrogen (secondary N) is 1. The fourth-order valence-electron chi connectivity index (χ4n) is 2.62. The van der Waals surface area contributed by atoms with E-state index in [4.69, 9.17) is 9.15 Å². The molecule has 3 aromatic rings. The van der Waals surface area contributed by atoms with Crippen LogP contribution in [0.15, 0.2) is 57.4 Å². The van der Waals surface area contributed by atoms with Crippen molar-refractivity contribution in [3.05, 3.63) is 59.2 Å². The Morgan fingerprint density at radius 1 is 1.18 bits per heavy atom. The number of carbonyl (C=O) groups excluding carboxylic acids is 2. The van der Waals surface area contributed by atoms with Gasteiger partial charge in [0.15, 0.2) is 9.84 Å². The van der Waals surface area contributed by atoms with E-state index in [1.54, 1.807) is 30.5 Å². The molecule has 9 heteroatoms. The second kappa shape index (κ2) is 7.99. The molecule has 146 valence electrons. The second-order valence-corrected chi connectivity index (χ2v) is 8.64. The summed E-state index contributed by atoms with van der Waals surface area (Å²) in [5.41, 5.74) is 0.639. The number of hydrogen-bond donors (Lipinski definition) is 1. The molecular weight excluding hydrogens is 402 g/mol. The topological polar surface area (TPSA) is 103 Å². The van der Waals surface area contributed by atoms with Gasteiger partial charge in [-0.1, -0.05) is 12.1 Å². The van der Waals surface area contributed by atoms with Crippen LogP contribution in [0.1, 0.15) is 27.6 Å². The SMILES string of the molecule is CCOC(=O)c1c(-c2ccco2)csc1NC(=O)c1ccccc1S(C)(=O)=O. The Labute approximate surface area is 165 Å². The fourth-order valence-corrected chi connectivity index (χ4v) is 4.44. The zero-order chi connectivity index (χ0) is 20.3. The number of furan rings is 1. The molecule has 1 amide bonds. The lowest BCUT2D eigenvalue weighted by atomic mass is 10.1. The second-order valence-electron chi connectivity index (χ2n) is 5.77. The molecule has 0 radical (unpaired) electrons. The lowest BCUT2D eigenvalue weighted by molar-refractivity contribution is 0.0528. The monoisotopic (exact) mass is 419 g/mol. The van der Waals surface area contributed by atoms with E-state index in [1.165, 1.54) is 24.5 Å². The van der Waals surface area contributed by atoms with Crippen molar-refractivity contribution in [2.75, 3.05) is 18.2 Å². The van der Waals surface area contributed by atoms with Gasteiger partial charge in [0.1, 0.15) is 16.3 Å². The van der Waals surface area contributed by atoms with E-state index in [2.05, 4.69) is 5.32 Å². The van der Waals surface area contributed by atoms with Crippen LogP contribution in [0.25, 0.3) is 11.3 Å². The third kappa shape index (κ3) is 4.00. The average Bonchev–Trinajstić information content (AvgIpc) is 3.30. The highest BCUT2D eigenvalue weighted by atomic mass is 32.2. The van der Waals surface area contributed by atoms with Gasteiger partial charge in [0.05, 0.1) is 23.3 Å². The van der Waals surface area contributed by atoms with Crippen molar-refractivity contribution >= 4 is 38.1 Å². The van der Waals surface area contributed by atoms with Crippen LogP contribution in [-0.4, -0.2) is 33.2 Å². The van der Waals surface area contributed by atoms with Crippen molar-refractivity contribution in [3.8, 4) is 11.3 Å². The third-order valence-electron chi connectivity index (χ3n) is 3.82. The van der Waals surface area contributed by atoms with Gasteiger partial charge in [-0.15, -0.1) is 11.3 Å². The van der Waals surface area contributed by atoms with Gasteiger partial charge in [-0.2, -0.15) is 0 Å². The molecule has 0 aliphatic rings. The highest BCUT2D eigenvalue weighted by Crippen LogP contribution is 2.37. The quantitative estimate of drug-likeness (QED) is 0.609. The van der Waals surface area contributed by atoms with E-state index in [0.29, 0.717) is 11.3 Å². The Balaban J connectivity index is 2.02. The zero-order valence-corrected chi connectivity index (χ0v) is 16.7. The molecule has 0 atom stereocenters. The molecule has 0 fully saturated rings. The minimum absolute atomic E-state index is 0.00671. The molecule has 0 aliphatic heterocycles. The van der Waals surface area contributed by atoms with Gasteiger partial charge in [0, 0.05) is 17.2 Å². The molecule has 1 aromatic carbocycles. The Morgan fingerprint density at radius 2 is 1.93 bits per heavy atom. The molecule has 0 bridgehead atoms. The minimum Gasteiger partial charge on any atom is -0.464 e. The van der Waals surface area contributed by atoms with E-state index >= 15 is 0 Å². The maximum absolute atomic E-state index is 12.8. The van der Waals surface area contributed by atoms with Gasteiger partial charge in [-0.25, -0.2) is 13.2 Å². The van der Waals surface area contributed by atoms with Gasteiger partial charge >= 0.3 is 5.97 Å². The fraction of sp³-hybridized carbons (Fsp3) is 0.158. The number of benzene rings is 1. The number of esters is 1. The smallest absolute Gasteiger partial charge is 0.341 e. The normalized spacial score (nSPS) is 11.2. The molecule has 0 unspecified atom stereocenters. The molecule has 0 spiro atoms. The number of anilines is 1. The zero-order valence-electron chi connectivity index (χ0n) is 15.1. The summed E-state index contributed by atoms with van der Waals surface area (Å²) in [4.78, 5) is 25.2. The maximum Gasteiger partial charge on any atom is 0.341 e. The Morgan fingerprint density at radius 3 is 2.57 bits per heavy atom. The van der Waals surface area contributed by atoms with Crippen LogP contribution in [-0.2, 0) is 14.6 Å². The summed E-state index contributed by atoms with van der Waals surface area (Å²) in [6, 6.07) is 9.25. The van der Waals surface area contributed by atoms with Gasteiger partial charge in [-0.3, -0.25) is 4.79 Å². The summed E-state index contributed by atoms with van der Waals surface area (Å²) in [5, 5.41) is 4.55. The van der Waals surface area contributed by atoms with E-state index in [-0.39, 0.29) is 27.6 Å². The highest BCUT2D eigenvalue weighted by molar-refractivity contribution is 7.90. The summed E-state index contributed by atoms with van der Waals surface area (Å²) >= 11 is 1.12. The summed E-state index contributed by atoms with van der Waals surface area (Å²) in [5.74, 6) is -0.794. The minimum atomic E-state index is -3.60. The van der Waals surface area contributed by atoms with Crippen LogP contribution in [0.2, 0.25) is 0 Å². The Bertz CT molecular complexity index is 1110. The van der Waals surface area contributed by atoms with Crippen LogP contribution in [0.3, 0.4) is 0 Å². The van der Waals surface area contributed by atoms with Crippen LogP contribution >= 0.6 is 11.3 Å². The van der Waals surface area contributed by atoms with Crippen molar-refractivity contribution in [3.63, 3.8) is 0 Å². The lowest BCUT2D eigenvalue weighted by Crippen LogP contribution is -2.17. The van der Waals surface area contributed by atoms with E-state index in [0.717, 1.165) is 17.6 Å². The number of amides is 1. The summed E-state index contributed by atoms with van der Waals surface area (Å²) in [7, 11) is -3.60. The van der Waals surface area contributed by atoms with E-state index in [1.807, 2.05) is 0 Å². The number of thiophene rings is 1. The molecule has 0 saturated heterocycles. The van der Waals surface area contributed by atoms with Gasteiger partial charge in [0.2, 0.25) is 0 Å². The first-order chi connectivity index (χ1) is 13.3. The number of carbonyl (C=O) groups is 2. The molecule has 2 heterocycles. The predicted molar refractivity (Wildman–Crippen MR) is 105 cm³/mol. The molecule has 3 rings (SSSR count). The summed E-state index contributed by atoms with van der Waals surface area (Å²) < 4.78 is 34.4. The van der Waals surface area contributed by atoms with Crippen molar-refractivity contribution in [1.29, 1.82) is 0 Å². The molecule has 28 heavy (non-hydrogen) atoms. The van der Waals surface area contributed by atoms with Crippen molar-refractivity contribution in [1.82, 2.24) is 0 Å². The Kier molecular flexibility index (Phi) is 5.66. The van der Waals surface area contributed by atoms with Crippen LogP contribution < -0.4 is 5.32 Å². The van der Waals surface area contributed by atoms with Crippen LogP contribution in [0, 0.1) is 0 Å². The van der Waals surface area contributed by atoms with Gasteiger partial charge in [-0.05, 0) is 31.2 Å². The van der Waals surface area contributed by atoms with Gasteiger partial charge in [0.25, 0.3) is 5.91 Å². The van der Waals surface area contributed by atoms with Crippen LogP contribution in [0.5, 0.6) is 0 Å². The van der Waals surface area contributed by atoms with Crippen LogP contribution in [0.4, 0.5) is 5.00 Å². The number of sulfone groups is 1. The number of rotatable bonds is 6. The molecular formula is C19H17NO6S2. The van der Waals surface area contributed by atoms with Crippen molar-refractivity contribution in [2.24, 2.45) is 0 Å². The van der Waals surface area contributed by atoms with Crippen molar-refractivity contribution < 1.29 is 27.2 Å². The molecule has 0 aliphatic carbocycles. The first-order valence-corrected chi connectivity index (χ1v) is 11.0. The van der Waals surface area contributed by atoms with E-state index < -0.39 is 21.7 Å². The first-order valence-electron chi connectivity index (χ1n) is 8.25. The molecule has 7 nitrogen and oxygen atoms in total.